The lowest BCUT2D eigenvalue weighted by Gasteiger charge is -2.29. The highest BCUT2D eigenvalue weighted by Crippen LogP contribution is 2.24. The van der Waals surface area contributed by atoms with E-state index in [1.54, 1.807) is 19.2 Å². The predicted molar refractivity (Wildman–Crippen MR) is 63.5 cm³/mol. The van der Waals surface area contributed by atoms with Gasteiger partial charge in [0.1, 0.15) is 0 Å². The molecule has 0 saturated carbocycles. The molecule has 0 aromatic heterocycles. The van der Waals surface area contributed by atoms with Crippen molar-refractivity contribution in [2.45, 2.75) is 12.5 Å². The standard InChI is InChI=1S/C10H13ClN2O2S/c1-13-7-6-10(12-16(13,14)15)8-2-4-9(11)5-3-8/h2-5,10,12H,6-7H2,1H3/t10-/m0/s1. The molecule has 1 heterocycles. The Kier molecular flexibility index (Phi) is 3.21. The van der Waals surface area contributed by atoms with Crippen molar-refractivity contribution in [1.82, 2.24) is 9.03 Å². The first-order valence-corrected chi connectivity index (χ1v) is 6.80. The van der Waals surface area contributed by atoms with Crippen molar-refractivity contribution in [1.29, 1.82) is 0 Å². The largest absolute Gasteiger partial charge is 0.279 e. The summed E-state index contributed by atoms with van der Waals surface area (Å²) in [5, 5.41) is 0.652. The van der Waals surface area contributed by atoms with Crippen LogP contribution in [0.25, 0.3) is 0 Å². The van der Waals surface area contributed by atoms with Gasteiger partial charge in [-0.15, -0.1) is 0 Å². The van der Waals surface area contributed by atoms with E-state index in [-0.39, 0.29) is 6.04 Å². The van der Waals surface area contributed by atoms with Crippen LogP contribution >= 0.6 is 11.6 Å². The Morgan fingerprint density at radius 2 is 2.00 bits per heavy atom. The summed E-state index contributed by atoms with van der Waals surface area (Å²) in [5.74, 6) is 0. The predicted octanol–water partition coefficient (Wildman–Crippen LogP) is 1.55. The van der Waals surface area contributed by atoms with E-state index in [9.17, 15) is 8.42 Å². The second-order valence-corrected chi connectivity index (χ2v) is 6.08. The van der Waals surface area contributed by atoms with Gasteiger partial charge >= 0.3 is 0 Å². The van der Waals surface area contributed by atoms with Gasteiger partial charge in [0, 0.05) is 24.7 Å². The lowest BCUT2D eigenvalue weighted by Crippen LogP contribution is -2.46. The highest BCUT2D eigenvalue weighted by atomic mass is 35.5. The maximum atomic E-state index is 11.6. The Hall–Kier alpha value is -0.620. The summed E-state index contributed by atoms with van der Waals surface area (Å²) in [5.41, 5.74) is 0.945. The SMILES string of the molecule is CN1CC[C@@H](c2ccc(Cl)cc2)NS1(=O)=O. The van der Waals surface area contributed by atoms with E-state index in [4.69, 9.17) is 11.6 Å². The summed E-state index contributed by atoms with van der Waals surface area (Å²) in [4.78, 5) is 0. The summed E-state index contributed by atoms with van der Waals surface area (Å²) in [6.07, 6.45) is 0.761. The molecule has 1 aliphatic rings. The zero-order valence-corrected chi connectivity index (χ0v) is 10.4. The van der Waals surface area contributed by atoms with Gasteiger partial charge in [-0.3, -0.25) is 0 Å². The van der Waals surface area contributed by atoms with Crippen molar-refractivity contribution in [3.8, 4) is 0 Å². The number of benzene rings is 1. The molecule has 1 aromatic rings. The summed E-state index contributed by atoms with van der Waals surface area (Å²) >= 11 is 5.78. The number of halogens is 1. The van der Waals surface area contributed by atoms with Crippen LogP contribution in [0.5, 0.6) is 0 Å². The van der Waals surface area contributed by atoms with Crippen LogP contribution in [-0.4, -0.2) is 26.3 Å². The average molecular weight is 261 g/mol. The molecule has 1 N–H and O–H groups in total. The molecular weight excluding hydrogens is 248 g/mol. The summed E-state index contributed by atoms with van der Waals surface area (Å²) < 4.78 is 27.2. The van der Waals surface area contributed by atoms with Crippen LogP contribution in [0.2, 0.25) is 5.02 Å². The molecule has 6 heteroatoms. The second-order valence-electron chi connectivity index (χ2n) is 3.84. The minimum Gasteiger partial charge on any atom is -0.195 e. The van der Waals surface area contributed by atoms with Gasteiger partial charge in [0.05, 0.1) is 0 Å². The van der Waals surface area contributed by atoms with E-state index in [2.05, 4.69) is 4.72 Å². The first-order valence-electron chi connectivity index (χ1n) is 4.98. The van der Waals surface area contributed by atoms with E-state index in [0.717, 1.165) is 12.0 Å². The fraction of sp³-hybridized carbons (Fsp3) is 0.400. The molecule has 4 nitrogen and oxygen atoms in total. The van der Waals surface area contributed by atoms with Crippen LogP contribution in [0.1, 0.15) is 18.0 Å². The van der Waals surface area contributed by atoms with Gasteiger partial charge in [-0.25, -0.2) is 0 Å². The van der Waals surface area contributed by atoms with Crippen LogP contribution in [0.15, 0.2) is 24.3 Å². The Morgan fingerprint density at radius 3 is 2.56 bits per heavy atom. The molecule has 0 radical (unpaired) electrons. The third-order valence-corrected chi connectivity index (χ3v) is 4.54. The third-order valence-electron chi connectivity index (χ3n) is 2.71. The number of rotatable bonds is 1. The van der Waals surface area contributed by atoms with Crippen LogP contribution in [0.3, 0.4) is 0 Å². The van der Waals surface area contributed by atoms with Crippen LogP contribution in [0, 0.1) is 0 Å². The molecule has 88 valence electrons. The average Bonchev–Trinajstić information content (AvgIpc) is 2.23. The van der Waals surface area contributed by atoms with Gasteiger partial charge in [-0.1, -0.05) is 23.7 Å². The zero-order chi connectivity index (χ0) is 11.8. The van der Waals surface area contributed by atoms with Crippen LogP contribution in [0.4, 0.5) is 0 Å². The molecule has 1 aromatic carbocycles. The molecule has 1 aliphatic heterocycles. The molecular formula is C10H13ClN2O2S. The molecule has 1 atom stereocenters. The number of hydrogen-bond donors (Lipinski definition) is 1. The first kappa shape index (κ1) is 11.9. The van der Waals surface area contributed by atoms with Gasteiger partial charge in [-0.2, -0.15) is 17.4 Å². The summed E-state index contributed by atoms with van der Waals surface area (Å²) in [6.45, 7) is 0.530. The van der Waals surface area contributed by atoms with Crippen molar-refractivity contribution in [3.05, 3.63) is 34.9 Å². The molecule has 1 fully saturated rings. The van der Waals surface area contributed by atoms with E-state index < -0.39 is 10.2 Å². The zero-order valence-electron chi connectivity index (χ0n) is 8.85. The van der Waals surface area contributed by atoms with Gasteiger partial charge in [0.15, 0.2) is 0 Å². The number of hydrogen-bond acceptors (Lipinski definition) is 2. The van der Waals surface area contributed by atoms with E-state index in [1.165, 1.54) is 4.31 Å². The van der Waals surface area contributed by atoms with Crippen LogP contribution < -0.4 is 4.72 Å². The molecule has 2 rings (SSSR count). The van der Waals surface area contributed by atoms with Crippen molar-refractivity contribution in [2.24, 2.45) is 0 Å². The molecule has 0 spiro atoms. The van der Waals surface area contributed by atoms with Gasteiger partial charge < -0.3 is 0 Å². The molecule has 16 heavy (non-hydrogen) atoms. The Labute approximate surface area is 100 Å². The minimum absolute atomic E-state index is 0.154. The lowest BCUT2D eigenvalue weighted by atomic mass is 10.1. The van der Waals surface area contributed by atoms with Gasteiger partial charge in [-0.05, 0) is 24.1 Å². The summed E-state index contributed by atoms with van der Waals surface area (Å²) in [6, 6.07) is 7.08. The van der Waals surface area contributed by atoms with Crippen molar-refractivity contribution < 1.29 is 8.42 Å². The van der Waals surface area contributed by atoms with Crippen molar-refractivity contribution in [3.63, 3.8) is 0 Å². The van der Waals surface area contributed by atoms with E-state index >= 15 is 0 Å². The monoisotopic (exact) mass is 260 g/mol. The molecule has 0 unspecified atom stereocenters. The van der Waals surface area contributed by atoms with E-state index in [0.29, 0.717) is 11.6 Å². The molecule has 1 saturated heterocycles. The molecule has 0 amide bonds. The molecule has 0 bridgehead atoms. The molecule has 0 aliphatic carbocycles. The summed E-state index contributed by atoms with van der Waals surface area (Å²) in [7, 11) is -1.75. The number of nitrogens with zero attached hydrogens (tertiary/aromatic N) is 1. The third kappa shape index (κ3) is 2.38. The first-order chi connectivity index (χ1) is 7.49. The Morgan fingerprint density at radius 1 is 1.38 bits per heavy atom. The maximum absolute atomic E-state index is 11.6. The highest BCUT2D eigenvalue weighted by molar-refractivity contribution is 7.87. The minimum atomic E-state index is -3.32. The van der Waals surface area contributed by atoms with Crippen LogP contribution in [-0.2, 0) is 10.2 Å². The van der Waals surface area contributed by atoms with E-state index in [1.807, 2.05) is 12.1 Å². The Bertz CT molecular complexity index is 472. The quantitative estimate of drug-likeness (QED) is 0.833. The fourth-order valence-electron chi connectivity index (χ4n) is 1.69. The Balaban J connectivity index is 2.21. The fourth-order valence-corrected chi connectivity index (χ4v) is 2.95. The van der Waals surface area contributed by atoms with Gasteiger partial charge in [0.25, 0.3) is 10.2 Å². The van der Waals surface area contributed by atoms with Crippen molar-refractivity contribution in [2.75, 3.05) is 13.6 Å². The van der Waals surface area contributed by atoms with Crippen molar-refractivity contribution >= 4 is 21.8 Å². The number of nitrogens with one attached hydrogen (secondary N) is 1. The normalized spacial score (nSPS) is 25.5. The maximum Gasteiger partial charge on any atom is 0.279 e. The topological polar surface area (TPSA) is 49.4 Å². The highest BCUT2D eigenvalue weighted by Gasteiger charge is 2.28. The smallest absolute Gasteiger partial charge is 0.195 e. The second kappa shape index (κ2) is 4.33. The van der Waals surface area contributed by atoms with Gasteiger partial charge in [0.2, 0.25) is 0 Å². The lowest BCUT2D eigenvalue weighted by molar-refractivity contribution is 0.382.